The molecule has 7 heteroatoms. The van der Waals surface area contributed by atoms with Crippen LogP contribution in [0.3, 0.4) is 0 Å². The Hall–Kier alpha value is -1.24. The van der Waals surface area contributed by atoms with Crippen LogP contribution in [0.1, 0.15) is 93.1 Å². The highest BCUT2D eigenvalue weighted by molar-refractivity contribution is 6.78. The van der Waals surface area contributed by atoms with Gasteiger partial charge < -0.3 is 18.8 Å². The Kier molecular flexibility index (Phi) is 8.60. The molecule has 1 atom stereocenters. The van der Waals surface area contributed by atoms with Crippen LogP contribution in [0.5, 0.6) is 5.75 Å². The fourth-order valence-corrected chi connectivity index (χ4v) is 11.8. The van der Waals surface area contributed by atoms with Crippen molar-refractivity contribution in [3.05, 3.63) is 28.8 Å². The van der Waals surface area contributed by atoms with E-state index in [2.05, 4.69) is 59.7 Å². The lowest BCUT2D eigenvalue weighted by molar-refractivity contribution is -0.0485. The second-order valence-corrected chi connectivity index (χ2v) is 18.3. The number of halogens is 1. The molecule has 198 valence electrons. The molecule has 0 bridgehead atoms. The number of benzene rings is 1. The summed E-state index contributed by atoms with van der Waals surface area (Å²) in [6, 6.07) is 6.33. The number of carbonyl (C=O) groups is 1. The van der Waals surface area contributed by atoms with Crippen LogP contribution in [0.4, 0.5) is 4.79 Å². The first-order valence-electron chi connectivity index (χ1n) is 13.3. The number of hydrogen-bond donors (Lipinski definition) is 0. The second kappa shape index (κ2) is 10.6. The summed E-state index contributed by atoms with van der Waals surface area (Å²) >= 11 is 6.81. The van der Waals surface area contributed by atoms with E-state index >= 15 is 0 Å². The van der Waals surface area contributed by atoms with Crippen LogP contribution < -0.4 is 4.43 Å². The van der Waals surface area contributed by atoms with Crippen LogP contribution >= 0.6 is 11.6 Å². The molecule has 35 heavy (non-hydrogen) atoms. The largest absolute Gasteiger partial charge is 0.542 e. The van der Waals surface area contributed by atoms with Crippen LogP contribution in [0.2, 0.25) is 21.6 Å². The summed E-state index contributed by atoms with van der Waals surface area (Å²) in [6.45, 7) is 21.5. The molecule has 2 aliphatic heterocycles. The highest BCUT2D eigenvalue weighted by atomic mass is 35.5. The molecular formula is C28H46ClNO4Si. The van der Waals surface area contributed by atoms with Crippen molar-refractivity contribution in [3.8, 4) is 5.75 Å². The Morgan fingerprint density at radius 1 is 1.09 bits per heavy atom. The molecule has 0 aromatic heterocycles. The van der Waals surface area contributed by atoms with Gasteiger partial charge in [0.15, 0.2) is 0 Å². The molecule has 1 unspecified atom stereocenters. The minimum Gasteiger partial charge on any atom is -0.542 e. The quantitative estimate of drug-likeness (QED) is 0.353. The van der Waals surface area contributed by atoms with Crippen LogP contribution in [0, 0.1) is 0 Å². The van der Waals surface area contributed by atoms with Gasteiger partial charge in [0.25, 0.3) is 8.32 Å². The first-order chi connectivity index (χ1) is 16.2. The maximum absolute atomic E-state index is 12.4. The van der Waals surface area contributed by atoms with Gasteiger partial charge in [-0.1, -0.05) is 59.2 Å². The van der Waals surface area contributed by atoms with E-state index in [1.54, 1.807) is 0 Å². The van der Waals surface area contributed by atoms with Gasteiger partial charge in [0, 0.05) is 19.0 Å². The molecule has 0 saturated carbocycles. The van der Waals surface area contributed by atoms with E-state index in [-0.39, 0.29) is 11.7 Å². The first kappa shape index (κ1) is 28.3. The number of nitrogens with zero attached hydrogens (tertiary/aromatic N) is 1. The molecule has 2 fully saturated rings. The zero-order chi connectivity index (χ0) is 26.2. The van der Waals surface area contributed by atoms with Gasteiger partial charge in [-0.15, -0.1) is 0 Å². The van der Waals surface area contributed by atoms with Gasteiger partial charge in [-0.2, -0.15) is 0 Å². The molecule has 2 saturated heterocycles. The van der Waals surface area contributed by atoms with Gasteiger partial charge in [-0.25, -0.2) is 4.79 Å². The molecule has 1 spiro atoms. The summed E-state index contributed by atoms with van der Waals surface area (Å²) in [4.78, 5) is 14.2. The van der Waals surface area contributed by atoms with Crippen molar-refractivity contribution in [1.82, 2.24) is 4.90 Å². The van der Waals surface area contributed by atoms with Crippen LogP contribution in [0.15, 0.2) is 18.2 Å². The predicted molar refractivity (Wildman–Crippen MR) is 146 cm³/mol. The Balaban J connectivity index is 1.67. The van der Waals surface area contributed by atoms with Gasteiger partial charge >= 0.3 is 6.09 Å². The number of amides is 1. The van der Waals surface area contributed by atoms with Crippen molar-refractivity contribution in [3.63, 3.8) is 0 Å². The zero-order valence-corrected chi connectivity index (χ0v) is 25.0. The van der Waals surface area contributed by atoms with E-state index in [0.29, 0.717) is 47.3 Å². The summed E-state index contributed by atoms with van der Waals surface area (Å²) < 4.78 is 18.8. The first-order valence-corrected chi connectivity index (χ1v) is 15.8. The average molecular weight is 524 g/mol. The summed E-state index contributed by atoms with van der Waals surface area (Å²) in [7, 11) is -2.06. The summed E-state index contributed by atoms with van der Waals surface area (Å²) in [5, 5.41) is 0.696. The van der Waals surface area contributed by atoms with Crippen LogP contribution in [-0.2, 0) is 9.47 Å². The number of hydrogen-bond acceptors (Lipinski definition) is 4. The Morgan fingerprint density at radius 2 is 1.66 bits per heavy atom. The molecule has 0 radical (unpaired) electrons. The number of rotatable bonds is 6. The highest BCUT2D eigenvalue weighted by Gasteiger charge is 2.48. The van der Waals surface area contributed by atoms with E-state index in [0.717, 1.165) is 25.0 Å². The van der Waals surface area contributed by atoms with E-state index < -0.39 is 13.9 Å². The third-order valence-electron chi connectivity index (χ3n) is 7.96. The molecule has 2 heterocycles. The second-order valence-electron chi connectivity index (χ2n) is 12.5. The minimum absolute atomic E-state index is 0.167. The SMILES string of the molecule is CC(C)[Si](Oc1ccc(C2COC3(CCN(C(=O)OC(C)(C)C)CC3)C2)cc1Cl)(C(C)C)C(C)C. The fraction of sp³-hybridized carbons (Fsp3) is 0.750. The predicted octanol–water partition coefficient (Wildman–Crippen LogP) is 8.17. The lowest BCUT2D eigenvalue weighted by atomic mass is 9.83. The lowest BCUT2D eigenvalue weighted by Gasteiger charge is -2.42. The summed E-state index contributed by atoms with van der Waals surface area (Å²) in [6.07, 6.45) is 2.40. The van der Waals surface area contributed by atoms with Gasteiger partial charge in [-0.05, 0) is 74.4 Å². The van der Waals surface area contributed by atoms with E-state index in [1.165, 1.54) is 5.56 Å². The maximum Gasteiger partial charge on any atom is 0.410 e. The highest BCUT2D eigenvalue weighted by Crippen LogP contribution is 2.46. The molecule has 0 aliphatic carbocycles. The number of carbonyl (C=O) groups excluding carboxylic acids is 1. The monoisotopic (exact) mass is 523 g/mol. The molecule has 5 nitrogen and oxygen atoms in total. The molecule has 1 amide bonds. The normalized spacial score (nSPS) is 20.8. The van der Waals surface area contributed by atoms with Crippen molar-refractivity contribution in [1.29, 1.82) is 0 Å². The number of piperidine rings is 1. The Bertz CT molecular complexity index is 866. The third-order valence-corrected chi connectivity index (χ3v) is 14.2. The number of likely N-dealkylation sites (tertiary alicyclic amines) is 1. The molecule has 1 aromatic rings. The van der Waals surface area contributed by atoms with Crippen molar-refractivity contribution in [2.45, 2.75) is 115 Å². The van der Waals surface area contributed by atoms with Gasteiger partial charge in [0.05, 0.1) is 17.2 Å². The van der Waals surface area contributed by atoms with E-state index in [1.807, 2.05) is 25.7 Å². The van der Waals surface area contributed by atoms with Crippen molar-refractivity contribution in [2.24, 2.45) is 0 Å². The molecule has 3 rings (SSSR count). The Morgan fingerprint density at radius 3 is 2.14 bits per heavy atom. The average Bonchev–Trinajstić information content (AvgIpc) is 3.14. The summed E-state index contributed by atoms with van der Waals surface area (Å²) in [5.41, 5.74) is 2.05. The van der Waals surface area contributed by atoms with Gasteiger partial charge in [-0.3, -0.25) is 0 Å². The standard InChI is InChI=1S/C28H46ClNO4Si/c1-19(2)35(20(3)4,21(5)6)34-25-11-10-22(16-24(25)29)23-17-28(32-18-23)12-14-30(15-13-28)26(31)33-27(7,8)9/h10-11,16,19-21,23H,12-15,17-18H2,1-9H3. The Labute approximate surface area is 219 Å². The smallest absolute Gasteiger partial charge is 0.410 e. The van der Waals surface area contributed by atoms with E-state index in [9.17, 15) is 4.79 Å². The van der Waals surface area contributed by atoms with E-state index in [4.69, 9.17) is 25.5 Å². The molecule has 0 N–H and O–H groups in total. The maximum atomic E-state index is 12.4. The minimum atomic E-state index is -2.06. The van der Waals surface area contributed by atoms with Gasteiger partial charge in [0.2, 0.25) is 0 Å². The summed E-state index contributed by atoms with van der Waals surface area (Å²) in [5.74, 6) is 1.12. The van der Waals surface area contributed by atoms with Crippen LogP contribution in [-0.4, -0.2) is 50.2 Å². The number of ether oxygens (including phenoxy) is 2. The topological polar surface area (TPSA) is 48.0 Å². The fourth-order valence-electron chi connectivity index (χ4n) is 6.23. The molecular weight excluding hydrogens is 478 g/mol. The van der Waals surface area contributed by atoms with Gasteiger partial charge in [0.1, 0.15) is 11.4 Å². The zero-order valence-electron chi connectivity index (χ0n) is 23.2. The van der Waals surface area contributed by atoms with Crippen molar-refractivity contribution >= 4 is 26.0 Å². The van der Waals surface area contributed by atoms with Crippen molar-refractivity contribution < 1.29 is 18.7 Å². The third kappa shape index (κ3) is 6.19. The molecule has 2 aliphatic rings. The molecule has 1 aromatic carbocycles. The lowest BCUT2D eigenvalue weighted by Crippen LogP contribution is -2.50. The van der Waals surface area contributed by atoms with Crippen molar-refractivity contribution in [2.75, 3.05) is 19.7 Å². The van der Waals surface area contributed by atoms with Crippen LogP contribution in [0.25, 0.3) is 0 Å².